The van der Waals surface area contributed by atoms with Gasteiger partial charge < -0.3 is 15.5 Å². The molecule has 0 unspecified atom stereocenters. The maximum atomic E-state index is 10.7. The van der Waals surface area contributed by atoms with Gasteiger partial charge in [0.2, 0.25) is 11.8 Å². The maximum absolute atomic E-state index is 10.7. The minimum atomic E-state index is -1.27. The molecule has 0 radical (unpaired) electrons. The van der Waals surface area contributed by atoms with Gasteiger partial charge in [-0.3, -0.25) is 0 Å². The molecule has 0 atom stereocenters. The number of halogens is 1. The lowest BCUT2D eigenvalue weighted by Crippen LogP contribution is -2.09. The second-order valence-electron chi connectivity index (χ2n) is 4.04. The van der Waals surface area contributed by atoms with E-state index in [1.807, 2.05) is 12.1 Å². The minimum absolute atomic E-state index is 0.182. The quantitative estimate of drug-likeness (QED) is 0.782. The van der Waals surface area contributed by atoms with Crippen LogP contribution in [0, 0.1) is 0 Å². The predicted octanol–water partition coefficient (Wildman–Crippen LogP) is 2.19. The molecule has 2 aromatic rings. The van der Waals surface area contributed by atoms with Crippen LogP contribution >= 0.6 is 11.6 Å². The Morgan fingerprint density at radius 2 is 2.00 bits per heavy atom. The highest BCUT2D eigenvalue weighted by atomic mass is 35.5. The molecule has 0 amide bonds. The lowest BCUT2D eigenvalue weighted by molar-refractivity contribution is 0.0692. The number of benzene rings is 1. The smallest absolute Gasteiger partial charge is 0.342 e. The Balaban J connectivity index is 1.92. The van der Waals surface area contributed by atoms with Gasteiger partial charge in [-0.15, -0.1) is 0 Å². The number of aromatic nitrogens is 2. The molecule has 0 bridgehead atoms. The third-order valence-electron chi connectivity index (χ3n) is 2.61. The van der Waals surface area contributed by atoms with Gasteiger partial charge in [-0.2, -0.15) is 4.98 Å². The van der Waals surface area contributed by atoms with Gasteiger partial charge in [0.1, 0.15) is 5.56 Å². The van der Waals surface area contributed by atoms with E-state index in [2.05, 4.69) is 15.3 Å². The second kappa shape index (κ2) is 6.21. The van der Waals surface area contributed by atoms with Gasteiger partial charge in [0.05, 0.1) is 6.20 Å². The van der Waals surface area contributed by atoms with Crippen molar-refractivity contribution in [1.29, 1.82) is 0 Å². The number of carboxylic acid groups (broad SMARTS) is 1. The third kappa shape index (κ3) is 3.58. The molecule has 0 aliphatic rings. The SMILES string of the molecule is O=C(O)c1cnc(NCCc2ccc(Cl)cc2)nc1O. The third-order valence-corrected chi connectivity index (χ3v) is 2.86. The van der Waals surface area contributed by atoms with Crippen LogP contribution < -0.4 is 5.32 Å². The fourth-order valence-corrected chi connectivity index (χ4v) is 1.70. The molecule has 7 heteroatoms. The first-order valence-electron chi connectivity index (χ1n) is 5.84. The zero-order valence-corrected chi connectivity index (χ0v) is 11.1. The van der Waals surface area contributed by atoms with Crippen LogP contribution in [0.5, 0.6) is 5.88 Å². The zero-order valence-electron chi connectivity index (χ0n) is 10.4. The highest BCUT2D eigenvalue weighted by Gasteiger charge is 2.12. The summed E-state index contributed by atoms with van der Waals surface area (Å²) in [5, 5.41) is 21.7. The number of anilines is 1. The summed E-state index contributed by atoms with van der Waals surface area (Å²) < 4.78 is 0. The fraction of sp³-hybridized carbons (Fsp3) is 0.154. The molecule has 0 saturated heterocycles. The van der Waals surface area contributed by atoms with Crippen molar-refractivity contribution >= 4 is 23.5 Å². The van der Waals surface area contributed by atoms with Gasteiger partial charge in [-0.05, 0) is 24.1 Å². The highest BCUT2D eigenvalue weighted by molar-refractivity contribution is 6.30. The summed E-state index contributed by atoms with van der Waals surface area (Å²) in [6.07, 6.45) is 1.79. The van der Waals surface area contributed by atoms with Crippen LogP contribution in [0.3, 0.4) is 0 Å². The molecule has 104 valence electrons. The summed E-state index contributed by atoms with van der Waals surface area (Å²) >= 11 is 5.79. The monoisotopic (exact) mass is 293 g/mol. The van der Waals surface area contributed by atoms with Crippen molar-refractivity contribution < 1.29 is 15.0 Å². The number of aromatic hydroxyl groups is 1. The largest absolute Gasteiger partial charge is 0.493 e. The lowest BCUT2D eigenvalue weighted by Gasteiger charge is -2.06. The predicted molar refractivity (Wildman–Crippen MR) is 74.3 cm³/mol. The number of aromatic carboxylic acids is 1. The number of rotatable bonds is 5. The van der Waals surface area contributed by atoms with Crippen LogP contribution in [0.1, 0.15) is 15.9 Å². The van der Waals surface area contributed by atoms with Crippen molar-refractivity contribution in [1.82, 2.24) is 9.97 Å². The molecule has 1 aromatic heterocycles. The molecule has 1 aromatic carbocycles. The van der Waals surface area contributed by atoms with Crippen LogP contribution in [0.4, 0.5) is 5.95 Å². The molecule has 20 heavy (non-hydrogen) atoms. The summed E-state index contributed by atoms with van der Waals surface area (Å²) in [4.78, 5) is 18.2. The topological polar surface area (TPSA) is 95.3 Å². The number of carboxylic acids is 1. The summed E-state index contributed by atoms with van der Waals surface area (Å²) in [6, 6.07) is 7.44. The first-order chi connectivity index (χ1) is 9.56. The van der Waals surface area contributed by atoms with E-state index in [1.165, 1.54) is 0 Å². The number of hydrogen-bond donors (Lipinski definition) is 3. The van der Waals surface area contributed by atoms with Crippen molar-refractivity contribution in [3.63, 3.8) is 0 Å². The Labute approximate surface area is 120 Å². The van der Waals surface area contributed by atoms with Gasteiger partial charge in [-0.25, -0.2) is 9.78 Å². The van der Waals surface area contributed by atoms with Crippen molar-refractivity contribution in [2.75, 3.05) is 11.9 Å². The van der Waals surface area contributed by atoms with Crippen LogP contribution in [0.15, 0.2) is 30.5 Å². The van der Waals surface area contributed by atoms with E-state index >= 15 is 0 Å². The van der Waals surface area contributed by atoms with Gasteiger partial charge >= 0.3 is 5.97 Å². The van der Waals surface area contributed by atoms with Gasteiger partial charge in [0, 0.05) is 11.6 Å². The minimum Gasteiger partial charge on any atom is -0.493 e. The van der Waals surface area contributed by atoms with Gasteiger partial charge in [0.25, 0.3) is 0 Å². The van der Waals surface area contributed by atoms with Crippen LogP contribution in [0.25, 0.3) is 0 Å². The van der Waals surface area contributed by atoms with E-state index in [1.54, 1.807) is 12.1 Å². The van der Waals surface area contributed by atoms with Gasteiger partial charge in [-0.1, -0.05) is 23.7 Å². The average Bonchev–Trinajstić information content (AvgIpc) is 2.41. The Bertz CT molecular complexity index is 617. The number of hydrogen-bond acceptors (Lipinski definition) is 5. The van der Waals surface area contributed by atoms with Crippen molar-refractivity contribution in [2.24, 2.45) is 0 Å². The molecule has 0 aliphatic heterocycles. The van der Waals surface area contributed by atoms with E-state index in [9.17, 15) is 9.90 Å². The second-order valence-corrected chi connectivity index (χ2v) is 4.48. The van der Waals surface area contributed by atoms with Crippen LogP contribution in [0.2, 0.25) is 5.02 Å². The molecule has 0 spiro atoms. The molecule has 2 rings (SSSR count). The Hall–Kier alpha value is -2.34. The first-order valence-corrected chi connectivity index (χ1v) is 6.21. The number of nitrogens with one attached hydrogen (secondary N) is 1. The molecule has 0 fully saturated rings. The first kappa shape index (κ1) is 14.1. The Kier molecular flexibility index (Phi) is 4.37. The van der Waals surface area contributed by atoms with Crippen LogP contribution in [-0.2, 0) is 6.42 Å². The molecular formula is C13H12ClN3O3. The molecule has 1 heterocycles. The molecule has 0 aliphatic carbocycles. The van der Waals surface area contributed by atoms with E-state index in [0.29, 0.717) is 11.6 Å². The average molecular weight is 294 g/mol. The number of nitrogens with zero attached hydrogens (tertiary/aromatic N) is 2. The lowest BCUT2D eigenvalue weighted by atomic mass is 10.1. The fourth-order valence-electron chi connectivity index (χ4n) is 1.58. The normalized spacial score (nSPS) is 10.2. The van der Waals surface area contributed by atoms with Crippen molar-refractivity contribution in [3.8, 4) is 5.88 Å². The Morgan fingerprint density at radius 1 is 1.30 bits per heavy atom. The summed E-state index contributed by atoms with van der Waals surface area (Å²) in [6.45, 7) is 0.549. The molecule has 0 saturated carbocycles. The summed E-state index contributed by atoms with van der Waals surface area (Å²) in [7, 11) is 0. The van der Waals surface area contributed by atoms with Crippen molar-refractivity contribution in [2.45, 2.75) is 6.42 Å². The summed E-state index contributed by atoms with van der Waals surface area (Å²) in [5.41, 5.74) is 0.765. The zero-order chi connectivity index (χ0) is 14.5. The maximum Gasteiger partial charge on any atom is 0.342 e. The molecule has 6 nitrogen and oxygen atoms in total. The standard InChI is InChI=1S/C13H12ClN3O3/c14-9-3-1-8(2-4-9)5-6-15-13-16-7-10(12(19)20)11(18)17-13/h1-4,7H,5-6H2,(H,19,20)(H2,15,16,17,18). The van der Waals surface area contributed by atoms with E-state index < -0.39 is 11.8 Å². The number of carbonyl (C=O) groups is 1. The molecule has 3 N–H and O–H groups in total. The van der Waals surface area contributed by atoms with E-state index in [0.717, 1.165) is 18.2 Å². The van der Waals surface area contributed by atoms with E-state index in [-0.39, 0.29) is 11.5 Å². The van der Waals surface area contributed by atoms with Crippen molar-refractivity contribution in [3.05, 3.63) is 46.6 Å². The van der Waals surface area contributed by atoms with E-state index in [4.69, 9.17) is 16.7 Å². The van der Waals surface area contributed by atoms with Crippen LogP contribution in [-0.4, -0.2) is 32.7 Å². The summed E-state index contributed by atoms with van der Waals surface area (Å²) in [5.74, 6) is -1.64. The highest BCUT2D eigenvalue weighted by Crippen LogP contribution is 2.14. The Morgan fingerprint density at radius 3 is 2.60 bits per heavy atom. The van der Waals surface area contributed by atoms with Gasteiger partial charge in [0.15, 0.2) is 0 Å². The molecular weight excluding hydrogens is 282 g/mol.